The van der Waals surface area contributed by atoms with E-state index in [9.17, 15) is 9.59 Å². The Kier molecular flexibility index (Phi) is 8.98. The maximum atomic E-state index is 13.4. The lowest BCUT2D eigenvalue weighted by Crippen LogP contribution is -2.37. The van der Waals surface area contributed by atoms with Crippen LogP contribution in [0, 0.1) is 0 Å². The van der Waals surface area contributed by atoms with Crippen molar-refractivity contribution < 1.29 is 14.3 Å². The van der Waals surface area contributed by atoms with Crippen LogP contribution < -0.4 is 4.74 Å². The lowest BCUT2D eigenvalue weighted by atomic mass is 10.0. The van der Waals surface area contributed by atoms with Gasteiger partial charge in [-0.1, -0.05) is 64.0 Å². The number of nitrogens with zero attached hydrogens (tertiary/aromatic N) is 2. The minimum absolute atomic E-state index is 0.110. The normalized spacial score (nSPS) is 17.1. The minimum Gasteiger partial charge on any atom is -0.497 e. The zero-order chi connectivity index (χ0) is 22.1. The van der Waals surface area contributed by atoms with Crippen molar-refractivity contribution in [1.29, 1.82) is 0 Å². The highest BCUT2D eigenvalue weighted by molar-refractivity contribution is 6.35. The molecular formula is C26H38N2O3. The van der Waals surface area contributed by atoms with Crippen LogP contribution in [0.1, 0.15) is 83.1 Å². The fourth-order valence-corrected chi connectivity index (χ4v) is 4.60. The van der Waals surface area contributed by atoms with E-state index in [2.05, 4.69) is 11.8 Å². The summed E-state index contributed by atoms with van der Waals surface area (Å²) in [6, 6.07) is 7.50. The first kappa shape index (κ1) is 23.4. The fourth-order valence-electron chi connectivity index (χ4n) is 4.60. The van der Waals surface area contributed by atoms with Gasteiger partial charge in [-0.2, -0.15) is 0 Å². The number of hydrogen-bond acceptors (Lipinski definition) is 4. The van der Waals surface area contributed by atoms with Crippen LogP contribution in [0.2, 0.25) is 0 Å². The molecule has 0 radical (unpaired) electrons. The second-order valence-electron chi connectivity index (χ2n) is 8.74. The smallest absolute Gasteiger partial charge is 0.277 e. The Morgan fingerprint density at radius 3 is 2.03 bits per heavy atom. The molecule has 1 saturated heterocycles. The van der Waals surface area contributed by atoms with Crippen LogP contribution >= 0.6 is 0 Å². The molecule has 2 amide bonds. The topological polar surface area (TPSA) is 49.9 Å². The lowest BCUT2D eigenvalue weighted by molar-refractivity contribution is -0.137. The average molecular weight is 427 g/mol. The summed E-state index contributed by atoms with van der Waals surface area (Å²) in [4.78, 5) is 30.3. The Morgan fingerprint density at radius 1 is 0.806 bits per heavy atom. The van der Waals surface area contributed by atoms with Gasteiger partial charge < -0.3 is 9.64 Å². The molecule has 170 valence electrons. The molecule has 0 spiro atoms. The molecule has 0 aromatic heterocycles. The lowest BCUT2D eigenvalue weighted by Gasteiger charge is -2.29. The fraction of sp³-hybridized carbons (Fsp3) is 0.615. The molecule has 0 atom stereocenters. The highest BCUT2D eigenvalue weighted by atomic mass is 16.5. The Hall–Kier alpha value is -2.30. The van der Waals surface area contributed by atoms with Crippen molar-refractivity contribution in [2.75, 3.05) is 26.7 Å². The van der Waals surface area contributed by atoms with E-state index < -0.39 is 0 Å². The zero-order valence-corrected chi connectivity index (χ0v) is 19.3. The molecule has 1 fully saturated rings. The molecule has 1 aromatic rings. The van der Waals surface area contributed by atoms with E-state index in [1.54, 1.807) is 7.11 Å². The number of benzene rings is 1. The standard InChI is InChI=1S/C26H38N2O3/c1-3-4-5-6-7-8-9-13-20-28-25(29)23(21-14-16-22(31-2)17-15-21)24(26(28)30)27-18-11-10-12-19-27/h14-17H,3-13,18-20H2,1-2H3. The van der Waals surface area contributed by atoms with Gasteiger partial charge in [-0.3, -0.25) is 14.5 Å². The number of methoxy groups -OCH3 is 1. The van der Waals surface area contributed by atoms with Crippen LogP contribution in [0.25, 0.3) is 5.57 Å². The minimum atomic E-state index is -0.140. The monoisotopic (exact) mass is 426 g/mol. The second kappa shape index (κ2) is 11.9. The number of ether oxygens (including phenoxy) is 1. The van der Waals surface area contributed by atoms with E-state index in [4.69, 9.17) is 4.74 Å². The first-order chi connectivity index (χ1) is 15.2. The Morgan fingerprint density at radius 2 is 1.42 bits per heavy atom. The number of rotatable bonds is 12. The molecule has 2 heterocycles. The molecule has 1 aromatic carbocycles. The van der Waals surface area contributed by atoms with Crippen molar-refractivity contribution in [3.63, 3.8) is 0 Å². The summed E-state index contributed by atoms with van der Waals surface area (Å²) in [5.74, 6) is 0.496. The van der Waals surface area contributed by atoms with Crippen LogP contribution in [0.4, 0.5) is 0 Å². The van der Waals surface area contributed by atoms with Crippen LogP contribution in [-0.4, -0.2) is 48.4 Å². The Bertz CT molecular complexity index is 763. The van der Waals surface area contributed by atoms with Crippen molar-refractivity contribution in [3.8, 4) is 5.75 Å². The van der Waals surface area contributed by atoms with E-state index in [-0.39, 0.29) is 11.8 Å². The number of hydrogen-bond donors (Lipinski definition) is 0. The van der Waals surface area contributed by atoms with Crippen LogP contribution in [0.15, 0.2) is 30.0 Å². The van der Waals surface area contributed by atoms with Gasteiger partial charge in [0.25, 0.3) is 11.8 Å². The number of imide groups is 1. The van der Waals surface area contributed by atoms with Crippen molar-refractivity contribution in [2.24, 2.45) is 0 Å². The summed E-state index contributed by atoms with van der Waals surface area (Å²) in [5.41, 5.74) is 1.97. The highest BCUT2D eigenvalue weighted by Gasteiger charge is 2.41. The molecule has 2 aliphatic heterocycles. The Labute approximate surface area is 187 Å². The SMILES string of the molecule is CCCCCCCCCCN1C(=O)C(c2ccc(OC)cc2)=C(N2CCCCC2)C1=O. The van der Waals surface area contributed by atoms with Gasteiger partial charge in [0.1, 0.15) is 11.4 Å². The van der Waals surface area contributed by atoms with Gasteiger partial charge in [0.2, 0.25) is 0 Å². The van der Waals surface area contributed by atoms with E-state index in [0.29, 0.717) is 17.8 Å². The third-order valence-corrected chi connectivity index (χ3v) is 6.43. The third kappa shape index (κ3) is 5.90. The summed E-state index contributed by atoms with van der Waals surface area (Å²) in [7, 11) is 1.63. The molecule has 2 aliphatic rings. The van der Waals surface area contributed by atoms with Crippen LogP contribution in [0.5, 0.6) is 5.75 Å². The van der Waals surface area contributed by atoms with E-state index in [1.807, 2.05) is 24.3 Å². The molecule has 0 unspecified atom stereocenters. The predicted octanol–water partition coefficient (Wildman–Crippen LogP) is 5.40. The zero-order valence-electron chi connectivity index (χ0n) is 19.3. The first-order valence-electron chi connectivity index (χ1n) is 12.2. The molecule has 31 heavy (non-hydrogen) atoms. The number of carbonyl (C=O) groups is 2. The van der Waals surface area contributed by atoms with E-state index in [1.165, 1.54) is 49.8 Å². The number of unbranched alkanes of at least 4 members (excludes halogenated alkanes) is 7. The average Bonchev–Trinajstić information content (AvgIpc) is 3.06. The van der Waals surface area contributed by atoms with E-state index in [0.717, 1.165) is 50.1 Å². The maximum Gasteiger partial charge on any atom is 0.277 e. The van der Waals surface area contributed by atoms with Gasteiger partial charge in [0.15, 0.2) is 0 Å². The van der Waals surface area contributed by atoms with Crippen molar-refractivity contribution in [1.82, 2.24) is 9.80 Å². The third-order valence-electron chi connectivity index (χ3n) is 6.43. The first-order valence-corrected chi connectivity index (χ1v) is 12.2. The summed E-state index contributed by atoms with van der Waals surface area (Å²) in [6.07, 6.45) is 12.9. The van der Waals surface area contributed by atoms with Gasteiger partial charge >= 0.3 is 0 Å². The van der Waals surface area contributed by atoms with Gasteiger partial charge in [-0.05, 0) is 43.4 Å². The molecule has 0 N–H and O–H groups in total. The molecule has 3 rings (SSSR count). The van der Waals surface area contributed by atoms with Gasteiger partial charge in [0, 0.05) is 19.6 Å². The molecule has 5 heteroatoms. The molecular weight excluding hydrogens is 388 g/mol. The maximum absolute atomic E-state index is 13.4. The van der Waals surface area contributed by atoms with Crippen LogP contribution in [-0.2, 0) is 9.59 Å². The predicted molar refractivity (Wildman–Crippen MR) is 125 cm³/mol. The number of piperidine rings is 1. The van der Waals surface area contributed by atoms with Gasteiger partial charge in [-0.25, -0.2) is 0 Å². The second-order valence-corrected chi connectivity index (χ2v) is 8.74. The molecule has 0 bridgehead atoms. The quantitative estimate of drug-likeness (QED) is 0.332. The van der Waals surface area contributed by atoms with E-state index >= 15 is 0 Å². The number of amides is 2. The summed E-state index contributed by atoms with van der Waals surface area (Å²) >= 11 is 0. The number of likely N-dealkylation sites (tertiary alicyclic amines) is 1. The molecule has 5 nitrogen and oxygen atoms in total. The van der Waals surface area contributed by atoms with Gasteiger partial charge in [-0.15, -0.1) is 0 Å². The Balaban J connectivity index is 1.67. The van der Waals surface area contributed by atoms with Crippen molar-refractivity contribution >= 4 is 17.4 Å². The van der Waals surface area contributed by atoms with Crippen molar-refractivity contribution in [2.45, 2.75) is 77.6 Å². The summed E-state index contributed by atoms with van der Waals surface area (Å²) < 4.78 is 5.26. The van der Waals surface area contributed by atoms with Gasteiger partial charge in [0.05, 0.1) is 12.7 Å². The van der Waals surface area contributed by atoms with Crippen molar-refractivity contribution in [3.05, 3.63) is 35.5 Å². The molecule has 0 aliphatic carbocycles. The molecule has 0 saturated carbocycles. The highest BCUT2D eigenvalue weighted by Crippen LogP contribution is 2.34. The number of carbonyl (C=O) groups excluding carboxylic acids is 2. The van der Waals surface area contributed by atoms with Crippen LogP contribution in [0.3, 0.4) is 0 Å². The summed E-state index contributed by atoms with van der Waals surface area (Å²) in [6.45, 7) is 4.44. The largest absolute Gasteiger partial charge is 0.497 e. The summed E-state index contributed by atoms with van der Waals surface area (Å²) in [5, 5.41) is 0.